The fraction of sp³-hybridized carbons (Fsp3) is 0.357. The van der Waals surface area contributed by atoms with Crippen LogP contribution in [0.25, 0.3) is 23.6 Å². The maximum absolute atomic E-state index is 6.08. The number of allylic oxidation sites excluding steroid dienone is 2. The third-order valence-electron chi connectivity index (χ3n) is 5.82. The second-order valence-corrected chi connectivity index (χ2v) is 9.76. The Hall–Kier alpha value is -2.60. The molecule has 2 heterocycles. The zero-order valence-electron chi connectivity index (χ0n) is 20.7. The average molecular weight is 513 g/mol. The lowest BCUT2D eigenvalue weighted by atomic mass is 10.2. The van der Waals surface area contributed by atoms with Gasteiger partial charge >= 0.3 is 0 Å². The Morgan fingerprint density at radius 1 is 0.971 bits per heavy atom. The van der Waals surface area contributed by atoms with Crippen molar-refractivity contribution in [2.45, 2.75) is 32.6 Å². The van der Waals surface area contributed by atoms with Gasteiger partial charge in [-0.05, 0) is 95.2 Å². The van der Waals surface area contributed by atoms with Crippen LogP contribution < -0.4 is 21.2 Å². The molecule has 0 aliphatic carbocycles. The van der Waals surface area contributed by atoms with Gasteiger partial charge in [0.05, 0.1) is 10.9 Å². The summed E-state index contributed by atoms with van der Waals surface area (Å²) < 4.78 is 0. The largest absolute Gasteiger partial charge is 0.384 e. The monoisotopic (exact) mass is 511 g/mol. The van der Waals surface area contributed by atoms with E-state index in [0.29, 0.717) is 5.02 Å². The highest BCUT2D eigenvalue weighted by Crippen LogP contribution is 2.24. The summed E-state index contributed by atoms with van der Waals surface area (Å²) in [5.74, 6) is 0. The van der Waals surface area contributed by atoms with Crippen molar-refractivity contribution < 1.29 is 0 Å². The Bertz CT molecular complexity index is 1240. The number of unbranched alkanes of at least 4 members (excludes halogenated alkanes) is 2. The molecular formula is C28H35Cl2N5. The minimum atomic E-state index is 0.712. The Morgan fingerprint density at radius 3 is 2.34 bits per heavy atom. The molecule has 186 valence electrons. The molecule has 0 fully saturated rings. The number of halogens is 2. The first kappa shape index (κ1) is 27.0. The summed E-state index contributed by atoms with van der Waals surface area (Å²) in [7, 11) is 2.20. The number of aromatic nitrogens is 2. The minimum Gasteiger partial charge on any atom is -0.384 e. The van der Waals surface area contributed by atoms with Crippen LogP contribution in [-0.4, -0.2) is 48.1 Å². The fourth-order valence-electron chi connectivity index (χ4n) is 3.90. The average Bonchev–Trinajstić information content (AvgIpc) is 2.82. The van der Waals surface area contributed by atoms with E-state index in [9.17, 15) is 0 Å². The molecule has 3 aromatic rings. The van der Waals surface area contributed by atoms with Crippen LogP contribution >= 0.6 is 23.2 Å². The first-order chi connectivity index (χ1) is 16.9. The van der Waals surface area contributed by atoms with E-state index in [1.807, 2.05) is 55.6 Å². The van der Waals surface area contributed by atoms with Gasteiger partial charge in [-0.25, -0.2) is 0 Å². The topological polar surface area (TPSA) is 53.1 Å². The molecule has 7 heteroatoms. The number of nitrogens with zero attached hydrogens (tertiary/aromatic N) is 3. The van der Waals surface area contributed by atoms with E-state index in [1.165, 1.54) is 0 Å². The van der Waals surface area contributed by atoms with Gasteiger partial charge in [0.2, 0.25) is 0 Å². The van der Waals surface area contributed by atoms with E-state index in [1.54, 1.807) is 6.20 Å². The molecule has 3 rings (SSSR count). The normalized spacial score (nSPS) is 12.5. The maximum atomic E-state index is 6.08. The molecule has 0 atom stereocenters. The van der Waals surface area contributed by atoms with Crippen molar-refractivity contribution in [1.82, 2.24) is 14.9 Å². The van der Waals surface area contributed by atoms with Crippen molar-refractivity contribution in [1.29, 1.82) is 0 Å². The summed E-state index contributed by atoms with van der Waals surface area (Å²) in [6.07, 6.45) is 12.0. The second kappa shape index (κ2) is 14.1. The van der Waals surface area contributed by atoms with Crippen molar-refractivity contribution in [2.75, 3.05) is 43.9 Å². The smallest absolute Gasteiger partial charge is 0.0737 e. The highest BCUT2D eigenvalue weighted by molar-refractivity contribution is 6.31. The Balaban J connectivity index is 1.32. The summed E-state index contributed by atoms with van der Waals surface area (Å²) in [5, 5.41) is 11.4. The predicted octanol–water partition coefficient (Wildman–Crippen LogP) is 5.63. The molecule has 0 radical (unpaired) electrons. The van der Waals surface area contributed by atoms with E-state index in [-0.39, 0.29) is 0 Å². The fourth-order valence-corrected chi connectivity index (χ4v) is 4.13. The molecule has 2 aromatic heterocycles. The number of anilines is 2. The molecule has 2 N–H and O–H groups in total. The van der Waals surface area contributed by atoms with Crippen LogP contribution in [0.15, 0.2) is 53.8 Å². The molecular weight excluding hydrogens is 477 g/mol. The van der Waals surface area contributed by atoms with E-state index >= 15 is 0 Å². The number of hydrogen-bond acceptors (Lipinski definition) is 5. The lowest BCUT2D eigenvalue weighted by molar-refractivity contribution is 0.321. The molecule has 0 spiro atoms. The molecule has 0 saturated carbocycles. The summed E-state index contributed by atoms with van der Waals surface area (Å²) in [4.78, 5) is 11.1. The van der Waals surface area contributed by atoms with Gasteiger partial charge in [-0.15, -0.1) is 0 Å². The van der Waals surface area contributed by atoms with Gasteiger partial charge in [0.15, 0.2) is 0 Å². The van der Waals surface area contributed by atoms with Crippen LogP contribution in [0.1, 0.15) is 32.6 Å². The van der Waals surface area contributed by atoms with Crippen molar-refractivity contribution >= 4 is 58.1 Å². The quantitative estimate of drug-likeness (QED) is 0.291. The highest BCUT2D eigenvalue weighted by atomic mass is 35.5. The van der Waals surface area contributed by atoms with Crippen molar-refractivity contribution in [3.8, 4) is 0 Å². The summed E-state index contributed by atoms with van der Waals surface area (Å²) in [6, 6.07) is 9.85. The molecule has 35 heavy (non-hydrogen) atoms. The number of nitrogens with one attached hydrogen (secondary N) is 2. The van der Waals surface area contributed by atoms with E-state index in [0.717, 1.165) is 89.7 Å². The molecule has 0 amide bonds. The third-order valence-corrected chi connectivity index (χ3v) is 6.18. The van der Waals surface area contributed by atoms with Gasteiger partial charge in [-0.3, -0.25) is 9.97 Å². The Kier molecular flexibility index (Phi) is 10.9. The zero-order chi connectivity index (χ0) is 25.0. The Morgan fingerprint density at radius 2 is 1.63 bits per heavy atom. The number of benzene rings is 1. The summed E-state index contributed by atoms with van der Waals surface area (Å²) in [6.45, 7) is 9.93. The van der Waals surface area contributed by atoms with E-state index in [4.69, 9.17) is 23.2 Å². The van der Waals surface area contributed by atoms with E-state index in [2.05, 4.69) is 39.1 Å². The van der Waals surface area contributed by atoms with Crippen molar-refractivity contribution in [3.05, 3.63) is 69.4 Å². The number of pyridine rings is 2. The van der Waals surface area contributed by atoms with Gasteiger partial charge < -0.3 is 15.5 Å². The molecule has 0 aliphatic rings. The Labute approximate surface area is 218 Å². The van der Waals surface area contributed by atoms with Crippen molar-refractivity contribution in [3.63, 3.8) is 0 Å². The van der Waals surface area contributed by atoms with Crippen LogP contribution in [0.2, 0.25) is 5.02 Å². The van der Waals surface area contributed by atoms with Crippen LogP contribution in [0, 0.1) is 0 Å². The predicted molar refractivity (Wildman–Crippen MR) is 153 cm³/mol. The number of fused-ring (bicyclic) bond motifs is 1. The highest BCUT2D eigenvalue weighted by Gasteiger charge is 2.03. The van der Waals surface area contributed by atoms with Gasteiger partial charge in [-0.1, -0.05) is 29.8 Å². The zero-order valence-corrected chi connectivity index (χ0v) is 22.2. The summed E-state index contributed by atoms with van der Waals surface area (Å²) >= 11 is 12.0. The number of hydrogen-bond donors (Lipinski definition) is 2. The SMILES string of the molecule is C=c1nccc(NCCCCN(C)CCCCNc2ccnc3cc(Cl)ccc23)/c1=C/C=C(\C)Cl. The first-order valence-corrected chi connectivity index (χ1v) is 12.9. The van der Waals surface area contributed by atoms with Crippen LogP contribution in [0.3, 0.4) is 0 Å². The van der Waals surface area contributed by atoms with Crippen LogP contribution in [-0.2, 0) is 0 Å². The number of rotatable bonds is 13. The molecule has 0 saturated heterocycles. The molecule has 5 nitrogen and oxygen atoms in total. The third kappa shape index (κ3) is 8.84. The first-order valence-electron chi connectivity index (χ1n) is 12.1. The van der Waals surface area contributed by atoms with Gasteiger partial charge in [0, 0.05) is 57.5 Å². The van der Waals surface area contributed by atoms with Gasteiger partial charge in [0.1, 0.15) is 0 Å². The molecule has 0 unspecified atom stereocenters. The lowest BCUT2D eigenvalue weighted by Crippen LogP contribution is -2.29. The lowest BCUT2D eigenvalue weighted by Gasteiger charge is -2.17. The standard InChI is InChI=1S/C28H35Cl2N5/c1-21(29)8-10-24-22(2)31-16-12-26(24)32-14-4-6-18-35(3)19-7-5-15-33-27-13-17-34-28-20-23(30)9-11-25(27)28/h8-13,16-17,20,32H,2,4-7,14-15,18-19H2,1,3H3,(H,33,34)/b21-8+,24-10+. The maximum Gasteiger partial charge on any atom is 0.0737 e. The van der Waals surface area contributed by atoms with E-state index < -0.39 is 0 Å². The summed E-state index contributed by atoms with van der Waals surface area (Å²) in [5.41, 5.74) is 3.08. The van der Waals surface area contributed by atoms with Crippen LogP contribution in [0.4, 0.5) is 11.4 Å². The molecule has 0 aliphatic heterocycles. The van der Waals surface area contributed by atoms with Crippen molar-refractivity contribution in [2.24, 2.45) is 0 Å². The van der Waals surface area contributed by atoms with Gasteiger partial charge in [0.25, 0.3) is 0 Å². The minimum absolute atomic E-state index is 0.712. The molecule has 0 bridgehead atoms. The molecule has 1 aromatic carbocycles. The van der Waals surface area contributed by atoms with Crippen LogP contribution in [0.5, 0.6) is 0 Å². The van der Waals surface area contributed by atoms with Gasteiger partial charge in [-0.2, -0.15) is 0 Å². The second-order valence-electron chi connectivity index (χ2n) is 8.73.